The van der Waals surface area contributed by atoms with Crippen molar-refractivity contribution < 1.29 is 14.3 Å². The first-order valence-corrected chi connectivity index (χ1v) is 10.8. The Morgan fingerprint density at radius 2 is 1.84 bits per heavy atom. The summed E-state index contributed by atoms with van der Waals surface area (Å²) in [6.07, 6.45) is 1.62. The largest absolute Gasteiger partial charge is 0.486 e. The van der Waals surface area contributed by atoms with Crippen molar-refractivity contribution in [1.82, 2.24) is 14.9 Å². The molecule has 0 spiro atoms. The minimum atomic E-state index is -0.537. The van der Waals surface area contributed by atoms with E-state index in [4.69, 9.17) is 21.1 Å². The molecule has 32 heavy (non-hydrogen) atoms. The van der Waals surface area contributed by atoms with Crippen molar-refractivity contribution in [2.24, 2.45) is 0 Å². The van der Waals surface area contributed by atoms with Crippen LogP contribution in [0.2, 0.25) is 5.28 Å². The lowest BCUT2D eigenvalue weighted by molar-refractivity contribution is 0.0278. The number of carbonyl (C=O) groups is 1. The predicted octanol–water partition coefficient (Wildman–Crippen LogP) is 6.17. The number of nitrogens with zero attached hydrogens (tertiary/aromatic N) is 3. The number of benzene rings is 2. The maximum absolute atomic E-state index is 12.3. The van der Waals surface area contributed by atoms with Crippen LogP contribution in [0.1, 0.15) is 38.9 Å². The summed E-state index contributed by atoms with van der Waals surface area (Å²) < 4.78 is 11.8. The number of carbonyl (C=O) groups excluding carboxylic acids is 1. The van der Waals surface area contributed by atoms with Crippen LogP contribution in [0.3, 0.4) is 0 Å². The van der Waals surface area contributed by atoms with Crippen molar-refractivity contribution in [3.63, 3.8) is 0 Å². The molecule has 0 saturated heterocycles. The third-order valence-electron chi connectivity index (χ3n) is 4.64. The predicted molar refractivity (Wildman–Crippen MR) is 126 cm³/mol. The molecule has 3 aromatic rings. The summed E-state index contributed by atoms with van der Waals surface area (Å²) >= 11 is 5.94. The summed E-state index contributed by atoms with van der Waals surface area (Å²) in [4.78, 5) is 22.1. The van der Waals surface area contributed by atoms with E-state index in [1.54, 1.807) is 24.2 Å². The summed E-state index contributed by atoms with van der Waals surface area (Å²) in [6, 6.07) is 19.4. The molecule has 6 nitrogen and oxygen atoms in total. The van der Waals surface area contributed by atoms with Gasteiger partial charge in [0.1, 0.15) is 17.5 Å². The average Bonchev–Trinajstić information content (AvgIpc) is 2.76. The van der Waals surface area contributed by atoms with E-state index in [0.29, 0.717) is 18.7 Å². The van der Waals surface area contributed by atoms with Crippen LogP contribution in [0.4, 0.5) is 4.79 Å². The van der Waals surface area contributed by atoms with Crippen LogP contribution >= 0.6 is 11.6 Å². The second-order valence-electron chi connectivity index (χ2n) is 8.45. The molecule has 7 heteroatoms. The standard InChI is InChI=1S/C25H28ClN3O3/c1-25(2,3)32-24(30)29(4)16-14-22(18-9-6-5-7-10-18)31-20-12-8-11-19(17-20)21-13-15-27-23(26)28-21/h5-13,15,17,22H,14,16H2,1-4H3/t22-/m1/s1. The first-order chi connectivity index (χ1) is 15.2. The Morgan fingerprint density at radius 1 is 1.09 bits per heavy atom. The molecule has 1 aromatic heterocycles. The zero-order chi connectivity index (χ0) is 23.1. The van der Waals surface area contributed by atoms with E-state index >= 15 is 0 Å². The Labute approximate surface area is 194 Å². The molecule has 3 rings (SSSR count). The van der Waals surface area contributed by atoms with E-state index in [0.717, 1.165) is 16.8 Å². The zero-order valence-corrected chi connectivity index (χ0v) is 19.5. The molecule has 0 fully saturated rings. The Balaban J connectivity index is 1.76. The van der Waals surface area contributed by atoms with Gasteiger partial charge in [-0.1, -0.05) is 42.5 Å². The van der Waals surface area contributed by atoms with Gasteiger partial charge in [-0.3, -0.25) is 0 Å². The number of aromatic nitrogens is 2. The maximum atomic E-state index is 12.3. The lowest BCUT2D eigenvalue weighted by atomic mass is 10.1. The van der Waals surface area contributed by atoms with Gasteiger partial charge >= 0.3 is 6.09 Å². The SMILES string of the molecule is CN(CC[C@@H](Oc1cccc(-c2ccnc(Cl)n2)c1)c1ccccc1)C(=O)OC(C)(C)C. The van der Waals surface area contributed by atoms with E-state index in [9.17, 15) is 4.79 Å². The molecule has 1 heterocycles. The minimum absolute atomic E-state index is 0.196. The van der Waals surface area contributed by atoms with Crippen LogP contribution in [0.15, 0.2) is 66.9 Å². The third-order valence-corrected chi connectivity index (χ3v) is 4.82. The third kappa shape index (κ3) is 6.95. The van der Waals surface area contributed by atoms with Crippen LogP contribution in [-0.2, 0) is 4.74 Å². The number of rotatable bonds is 7. The molecule has 1 amide bonds. The molecular weight excluding hydrogens is 426 g/mol. The van der Waals surface area contributed by atoms with Crippen LogP contribution < -0.4 is 4.74 Å². The number of ether oxygens (including phenoxy) is 2. The van der Waals surface area contributed by atoms with Gasteiger partial charge < -0.3 is 14.4 Å². The van der Waals surface area contributed by atoms with Gasteiger partial charge in [0.05, 0.1) is 5.69 Å². The highest BCUT2D eigenvalue weighted by molar-refractivity contribution is 6.28. The van der Waals surface area contributed by atoms with Crippen molar-refractivity contribution >= 4 is 17.7 Å². The normalized spacial score (nSPS) is 12.2. The van der Waals surface area contributed by atoms with Crippen LogP contribution in [-0.4, -0.2) is 40.2 Å². The highest BCUT2D eigenvalue weighted by atomic mass is 35.5. The number of hydrogen-bond acceptors (Lipinski definition) is 5. The molecular formula is C25H28ClN3O3. The molecule has 0 aliphatic heterocycles. The van der Waals surface area contributed by atoms with Crippen LogP contribution in [0.25, 0.3) is 11.3 Å². The molecule has 168 valence electrons. The maximum Gasteiger partial charge on any atom is 0.410 e. The fourth-order valence-electron chi connectivity index (χ4n) is 3.09. The van der Waals surface area contributed by atoms with Gasteiger partial charge in [-0.15, -0.1) is 0 Å². The lowest BCUT2D eigenvalue weighted by Gasteiger charge is -2.26. The van der Waals surface area contributed by atoms with Crippen LogP contribution in [0, 0.1) is 0 Å². The molecule has 1 atom stereocenters. The van der Waals surface area contributed by atoms with Crippen molar-refractivity contribution in [1.29, 1.82) is 0 Å². The molecule has 0 aliphatic rings. The first kappa shape index (κ1) is 23.5. The van der Waals surface area contributed by atoms with Crippen molar-refractivity contribution in [3.05, 3.63) is 77.7 Å². The molecule has 2 aromatic carbocycles. The fourth-order valence-corrected chi connectivity index (χ4v) is 3.24. The Morgan fingerprint density at radius 3 is 2.53 bits per heavy atom. The second kappa shape index (κ2) is 10.5. The van der Waals surface area contributed by atoms with Gasteiger partial charge in [-0.05, 0) is 56.1 Å². The summed E-state index contributed by atoms with van der Waals surface area (Å²) in [5, 5.41) is 0.196. The number of halogens is 1. The van der Waals surface area contributed by atoms with E-state index in [1.165, 1.54) is 0 Å². The van der Waals surface area contributed by atoms with Crippen molar-refractivity contribution in [2.45, 2.75) is 38.9 Å². The van der Waals surface area contributed by atoms with Crippen molar-refractivity contribution in [2.75, 3.05) is 13.6 Å². The van der Waals surface area contributed by atoms with E-state index in [-0.39, 0.29) is 17.5 Å². The molecule has 0 bridgehead atoms. The Bertz CT molecular complexity index is 1040. The molecule has 0 aliphatic carbocycles. The summed E-state index contributed by atoms with van der Waals surface area (Å²) in [5.41, 5.74) is 2.09. The Hall–Kier alpha value is -3.12. The minimum Gasteiger partial charge on any atom is -0.486 e. The van der Waals surface area contributed by atoms with Gasteiger partial charge in [0.2, 0.25) is 5.28 Å². The average molecular weight is 454 g/mol. The smallest absolute Gasteiger partial charge is 0.410 e. The van der Waals surface area contributed by atoms with Gasteiger partial charge in [0.15, 0.2) is 0 Å². The highest BCUT2D eigenvalue weighted by Gasteiger charge is 2.21. The zero-order valence-electron chi connectivity index (χ0n) is 18.8. The van der Waals surface area contributed by atoms with Gasteiger partial charge in [-0.25, -0.2) is 14.8 Å². The molecule has 0 unspecified atom stereocenters. The monoisotopic (exact) mass is 453 g/mol. The number of hydrogen-bond donors (Lipinski definition) is 0. The topological polar surface area (TPSA) is 64.5 Å². The Kier molecular flexibility index (Phi) is 7.70. The second-order valence-corrected chi connectivity index (χ2v) is 8.78. The van der Waals surface area contributed by atoms with Gasteiger partial charge in [0.25, 0.3) is 0 Å². The lowest BCUT2D eigenvalue weighted by Crippen LogP contribution is -2.35. The van der Waals surface area contributed by atoms with Crippen molar-refractivity contribution in [3.8, 4) is 17.0 Å². The summed E-state index contributed by atoms with van der Waals surface area (Å²) in [6.45, 7) is 6.04. The highest BCUT2D eigenvalue weighted by Crippen LogP contribution is 2.29. The molecule has 0 N–H and O–H groups in total. The summed E-state index contributed by atoms with van der Waals surface area (Å²) in [7, 11) is 1.73. The summed E-state index contributed by atoms with van der Waals surface area (Å²) in [5.74, 6) is 0.700. The fraction of sp³-hybridized carbons (Fsp3) is 0.320. The molecule has 0 radical (unpaired) electrons. The van der Waals surface area contributed by atoms with Gasteiger partial charge in [0, 0.05) is 31.8 Å². The van der Waals surface area contributed by atoms with E-state index in [2.05, 4.69) is 9.97 Å². The number of amides is 1. The van der Waals surface area contributed by atoms with Crippen LogP contribution in [0.5, 0.6) is 5.75 Å². The van der Waals surface area contributed by atoms with E-state index in [1.807, 2.05) is 75.4 Å². The quantitative estimate of drug-likeness (QED) is 0.400. The molecule has 0 saturated carbocycles. The van der Waals surface area contributed by atoms with Gasteiger partial charge in [-0.2, -0.15) is 0 Å². The van der Waals surface area contributed by atoms with E-state index < -0.39 is 5.60 Å². The first-order valence-electron chi connectivity index (χ1n) is 10.5.